The third kappa shape index (κ3) is 3.91. The molecule has 0 spiro atoms. The summed E-state index contributed by atoms with van der Waals surface area (Å²) in [5, 5.41) is 3.12. The fourth-order valence-electron chi connectivity index (χ4n) is 2.48. The first-order valence-electron chi connectivity index (χ1n) is 6.45. The fourth-order valence-corrected chi connectivity index (χ4v) is 2.71. The first-order chi connectivity index (χ1) is 9.08. The van der Waals surface area contributed by atoms with E-state index in [0.717, 1.165) is 25.1 Å². The van der Waals surface area contributed by atoms with Gasteiger partial charge < -0.3 is 5.32 Å². The lowest BCUT2D eigenvalue weighted by molar-refractivity contribution is -0.121. The Bertz CT molecular complexity index is 467. The molecule has 1 aromatic rings. The van der Waals surface area contributed by atoms with E-state index in [-0.39, 0.29) is 11.7 Å². The van der Waals surface area contributed by atoms with Crippen LogP contribution in [0.4, 0.5) is 4.39 Å². The van der Waals surface area contributed by atoms with Crippen molar-refractivity contribution in [3.05, 3.63) is 34.6 Å². The molecule has 0 bridgehead atoms. The van der Waals surface area contributed by atoms with Gasteiger partial charge in [0.25, 0.3) is 0 Å². The highest BCUT2D eigenvalue weighted by atomic mass is 35.5. The van der Waals surface area contributed by atoms with Crippen LogP contribution >= 0.6 is 11.6 Å². The molecule has 1 aliphatic heterocycles. The maximum Gasteiger partial charge on any atom is 0.220 e. The van der Waals surface area contributed by atoms with Crippen LogP contribution in [0.2, 0.25) is 5.02 Å². The summed E-state index contributed by atoms with van der Waals surface area (Å²) in [6.07, 6.45) is 1.59. The predicted octanol–water partition coefficient (Wildman–Crippen LogP) is 2.44. The molecule has 1 fully saturated rings. The molecule has 1 N–H and O–H groups in total. The van der Waals surface area contributed by atoms with Gasteiger partial charge in [-0.15, -0.1) is 0 Å². The molecule has 1 amide bonds. The normalized spacial score (nSPS) is 19.6. The Hall–Kier alpha value is -1.13. The lowest BCUT2D eigenvalue weighted by Crippen LogP contribution is -2.24. The summed E-state index contributed by atoms with van der Waals surface area (Å²) in [5.74, 6) is 0.179. The minimum atomic E-state index is -0.312. The van der Waals surface area contributed by atoms with Crippen LogP contribution < -0.4 is 5.32 Å². The number of benzene rings is 1. The smallest absolute Gasteiger partial charge is 0.220 e. The molecule has 0 saturated carbocycles. The first kappa shape index (κ1) is 14.3. The van der Waals surface area contributed by atoms with Gasteiger partial charge in [-0.1, -0.05) is 17.7 Å². The second-order valence-electron chi connectivity index (χ2n) is 5.00. The second kappa shape index (κ2) is 6.35. The number of hydrogen-bond donors (Lipinski definition) is 1. The van der Waals surface area contributed by atoms with Crippen molar-refractivity contribution in [2.75, 3.05) is 20.1 Å². The summed E-state index contributed by atoms with van der Waals surface area (Å²) in [6, 6.07) is 4.50. The van der Waals surface area contributed by atoms with Gasteiger partial charge in [-0.2, -0.15) is 0 Å². The summed E-state index contributed by atoms with van der Waals surface area (Å²) in [4.78, 5) is 13.6. The molecule has 0 radical (unpaired) electrons. The van der Waals surface area contributed by atoms with Crippen molar-refractivity contribution < 1.29 is 9.18 Å². The summed E-state index contributed by atoms with van der Waals surface area (Å²) >= 11 is 6.02. The summed E-state index contributed by atoms with van der Waals surface area (Å²) in [7, 11) is 1.66. The van der Waals surface area contributed by atoms with E-state index in [2.05, 4.69) is 10.2 Å². The molecule has 2 rings (SSSR count). The third-order valence-electron chi connectivity index (χ3n) is 3.53. The van der Waals surface area contributed by atoms with Crippen LogP contribution in [0.1, 0.15) is 18.4 Å². The number of halogens is 2. The number of nitrogens with one attached hydrogen (secondary N) is 1. The Balaban J connectivity index is 1.89. The minimum absolute atomic E-state index is 0.0895. The van der Waals surface area contributed by atoms with Crippen molar-refractivity contribution in [3.63, 3.8) is 0 Å². The molecular formula is C14H18ClFN2O. The highest BCUT2D eigenvalue weighted by Crippen LogP contribution is 2.24. The van der Waals surface area contributed by atoms with E-state index in [0.29, 0.717) is 23.9 Å². The zero-order valence-electron chi connectivity index (χ0n) is 11.0. The standard InChI is InChI=1S/C14H18ClFN2O/c1-17-14(19)6-10-4-5-18(8-10)9-11-2-3-12(16)7-13(11)15/h2-3,7,10H,4-6,8-9H2,1H3,(H,17,19)/t10-/m1/s1. The molecule has 0 aliphatic carbocycles. The number of nitrogens with zero attached hydrogens (tertiary/aromatic N) is 1. The second-order valence-corrected chi connectivity index (χ2v) is 5.41. The number of carbonyl (C=O) groups is 1. The highest BCUT2D eigenvalue weighted by Gasteiger charge is 2.24. The van der Waals surface area contributed by atoms with Gasteiger partial charge >= 0.3 is 0 Å². The Morgan fingerprint density at radius 2 is 2.37 bits per heavy atom. The van der Waals surface area contributed by atoms with Crippen molar-refractivity contribution in [1.29, 1.82) is 0 Å². The fraction of sp³-hybridized carbons (Fsp3) is 0.500. The minimum Gasteiger partial charge on any atom is -0.359 e. The van der Waals surface area contributed by atoms with Gasteiger partial charge in [0.05, 0.1) is 0 Å². The van der Waals surface area contributed by atoms with Crippen LogP contribution in [-0.2, 0) is 11.3 Å². The van der Waals surface area contributed by atoms with E-state index in [1.165, 1.54) is 12.1 Å². The largest absolute Gasteiger partial charge is 0.359 e. The van der Waals surface area contributed by atoms with Gasteiger partial charge in [0.1, 0.15) is 5.82 Å². The Morgan fingerprint density at radius 3 is 3.05 bits per heavy atom. The van der Waals surface area contributed by atoms with E-state index in [1.807, 2.05) is 0 Å². The summed E-state index contributed by atoms with van der Waals surface area (Å²) in [5.41, 5.74) is 0.934. The van der Waals surface area contributed by atoms with Crippen molar-refractivity contribution in [2.45, 2.75) is 19.4 Å². The Labute approximate surface area is 117 Å². The number of carbonyl (C=O) groups excluding carboxylic acids is 1. The van der Waals surface area contributed by atoms with Crippen molar-refractivity contribution >= 4 is 17.5 Å². The summed E-state index contributed by atoms with van der Waals surface area (Å²) in [6.45, 7) is 2.56. The maximum atomic E-state index is 13.0. The van der Waals surface area contributed by atoms with E-state index in [9.17, 15) is 9.18 Å². The average Bonchev–Trinajstić information content (AvgIpc) is 2.80. The van der Waals surface area contributed by atoms with Gasteiger partial charge in [0.2, 0.25) is 5.91 Å². The molecule has 1 saturated heterocycles. The quantitative estimate of drug-likeness (QED) is 0.921. The monoisotopic (exact) mass is 284 g/mol. The van der Waals surface area contributed by atoms with Gasteiger partial charge in [-0.3, -0.25) is 9.69 Å². The number of rotatable bonds is 4. The number of amides is 1. The average molecular weight is 285 g/mol. The predicted molar refractivity (Wildman–Crippen MR) is 73.5 cm³/mol. The molecule has 1 heterocycles. The zero-order valence-corrected chi connectivity index (χ0v) is 11.7. The van der Waals surface area contributed by atoms with E-state index < -0.39 is 0 Å². The van der Waals surface area contributed by atoms with Crippen LogP contribution in [-0.4, -0.2) is 30.9 Å². The lowest BCUT2D eigenvalue weighted by atomic mass is 10.0. The van der Waals surface area contributed by atoms with Crippen LogP contribution in [0.15, 0.2) is 18.2 Å². The van der Waals surface area contributed by atoms with E-state index in [1.54, 1.807) is 13.1 Å². The highest BCUT2D eigenvalue weighted by molar-refractivity contribution is 6.31. The van der Waals surface area contributed by atoms with E-state index >= 15 is 0 Å². The lowest BCUT2D eigenvalue weighted by Gasteiger charge is -2.16. The van der Waals surface area contributed by atoms with E-state index in [4.69, 9.17) is 11.6 Å². The molecule has 1 atom stereocenters. The van der Waals surface area contributed by atoms with Gasteiger partial charge in [0.15, 0.2) is 0 Å². The SMILES string of the molecule is CNC(=O)C[C@H]1CCN(Cc2ccc(F)cc2Cl)C1. The third-order valence-corrected chi connectivity index (χ3v) is 3.88. The van der Waals surface area contributed by atoms with Crippen molar-refractivity contribution in [2.24, 2.45) is 5.92 Å². The van der Waals surface area contributed by atoms with Crippen LogP contribution in [0, 0.1) is 11.7 Å². The molecule has 0 unspecified atom stereocenters. The first-order valence-corrected chi connectivity index (χ1v) is 6.83. The Morgan fingerprint density at radius 1 is 1.58 bits per heavy atom. The summed E-state index contributed by atoms with van der Waals surface area (Å²) < 4.78 is 13.0. The van der Waals surface area contributed by atoms with Gasteiger partial charge in [0, 0.05) is 31.6 Å². The van der Waals surface area contributed by atoms with Crippen LogP contribution in [0.3, 0.4) is 0 Å². The van der Waals surface area contributed by atoms with Crippen LogP contribution in [0.25, 0.3) is 0 Å². The van der Waals surface area contributed by atoms with Gasteiger partial charge in [-0.25, -0.2) is 4.39 Å². The van der Waals surface area contributed by atoms with Crippen molar-refractivity contribution in [1.82, 2.24) is 10.2 Å². The molecule has 3 nitrogen and oxygen atoms in total. The number of hydrogen-bond acceptors (Lipinski definition) is 2. The zero-order chi connectivity index (χ0) is 13.8. The van der Waals surface area contributed by atoms with Gasteiger partial charge in [-0.05, 0) is 36.6 Å². The number of likely N-dealkylation sites (tertiary alicyclic amines) is 1. The molecule has 0 aromatic heterocycles. The molecule has 1 aromatic carbocycles. The van der Waals surface area contributed by atoms with Crippen LogP contribution in [0.5, 0.6) is 0 Å². The molecule has 5 heteroatoms. The topological polar surface area (TPSA) is 32.3 Å². The molecule has 19 heavy (non-hydrogen) atoms. The molecule has 104 valence electrons. The van der Waals surface area contributed by atoms with Crippen molar-refractivity contribution in [3.8, 4) is 0 Å². The maximum absolute atomic E-state index is 13.0. The molecular weight excluding hydrogens is 267 g/mol. The molecule has 1 aliphatic rings. The Kier molecular flexibility index (Phi) is 4.77.